The molecule has 1 aliphatic rings. The van der Waals surface area contributed by atoms with Crippen LogP contribution in [0, 0.1) is 6.92 Å². The van der Waals surface area contributed by atoms with Crippen molar-refractivity contribution in [1.82, 2.24) is 20.5 Å². The van der Waals surface area contributed by atoms with Gasteiger partial charge in [0, 0.05) is 36.8 Å². The topological polar surface area (TPSA) is 52.6 Å². The Bertz CT molecular complexity index is 453. The molecule has 0 spiro atoms. The van der Waals surface area contributed by atoms with Gasteiger partial charge in [0.05, 0.1) is 6.54 Å². The van der Waals surface area contributed by atoms with Gasteiger partial charge in [-0.25, -0.2) is 9.98 Å². The maximum atomic E-state index is 4.60. The molecule has 0 aromatic carbocycles. The second-order valence-corrected chi connectivity index (χ2v) is 6.67. The molecule has 0 bridgehead atoms. The van der Waals surface area contributed by atoms with Gasteiger partial charge in [-0.1, -0.05) is 6.92 Å². The molecular formula is C15H27N5S. The predicted octanol–water partition coefficient (Wildman–Crippen LogP) is 1.99. The van der Waals surface area contributed by atoms with E-state index in [-0.39, 0.29) is 0 Å². The number of aromatic nitrogens is 1. The molecule has 118 valence electrons. The minimum absolute atomic E-state index is 0.647. The summed E-state index contributed by atoms with van der Waals surface area (Å²) in [4.78, 5) is 12.7. The van der Waals surface area contributed by atoms with Crippen LogP contribution < -0.4 is 10.6 Å². The van der Waals surface area contributed by atoms with E-state index in [4.69, 9.17) is 0 Å². The fourth-order valence-electron chi connectivity index (χ4n) is 2.32. The molecule has 2 rings (SSSR count). The number of guanidine groups is 1. The van der Waals surface area contributed by atoms with Crippen LogP contribution in [0.4, 0.5) is 0 Å². The Kier molecular flexibility index (Phi) is 6.45. The van der Waals surface area contributed by atoms with Crippen LogP contribution in [0.3, 0.4) is 0 Å². The molecule has 1 fully saturated rings. The summed E-state index contributed by atoms with van der Waals surface area (Å²) in [7, 11) is 0. The lowest BCUT2D eigenvalue weighted by Gasteiger charge is -2.20. The molecule has 1 saturated carbocycles. The largest absolute Gasteiger partial charge is 0.357 e. The monoisotopic (exact) mass is 309 g/mol. The smallest absolute Gasteiger partial charge is 0.191 e. The van der Waals surface area contributed by atoms with Crippen molar-refractivity contribution in [2.75, 3.05) is 26.2 Å². The van der Waals surface area contributed by atoms with E-state index < -0.39 is 0 Å². The number of aryl methyl sites for hydroxylation is 1. The molecule has 0 unspecified atom stereocenters. The Balaban J connectivity index is 1.77. The average Bonchev–Trinajstić information content (AvgIpc) is 3.23. The highest BCUT2D eigenvalue weighted by Crippen LogP contribution is 2.25. The van der Waals surface area contributed by atoms with Crippen LogP contribution in [-0.4, -0.2) is 48.1 Å². The van der Waals surface area contributed by atoms with Crippen molar-refractivity contribution in [2.24, 2.45) is 4.99 Å². The third kappa shape index (κ3) is 5.63. The van der Waals surface area contributed by atoms with Gasteiger partial charge in [0.15, 0.2) is 5.96 Å². The summed E-state index contributed by atoms with van der Waals surface area (Å²) in [5, 5.41) is 7.78. The van der Waals surface area contributed by atoms with Gasteiger partial charge in [-0.2, -0.15) is 0 Å². The summed E-state index contributed by atoms with van der Waals surface area (Å²) in [6.07, 6.45) is 4.64. The quantitative estimate of drug-likeness (QED) is 0.569. The van der Waals surface area contributed by atoms with Crippen molar-refractivity contribution < 1.29 is 0 Å². The van der Waals surface area contributed by atoms with Crippen LogP contribution in [0.15, 0.2) is 11.2 Å². The molecule has 1 aromatic rings. The van der Waals surface area contributed by atoms with Gasteiger partial charge in [0.25, 0.3) is 0 Å². The molecular weight excluding hydrogens is 282 g/mol. The van der Waals surface area contributed by atoms with E-state index in [2.05, 4.69) is 46.3 Å². The Morgan fingerprint density at radius 2 is 2.24 bits per heavy atom. The number of thiazole rings is 1. The van der Waals surface area contributed by atoms with E-state index in [1.54, 1.807) is 11.3 Å². The number of aliphatic imine (C=N–C) groups is 1. The van der Waals surface area contributed by atoms with E-state index >= 15 is 0 Å². The standard InChI is InChI=1S/C15H27N5S/c1-4-16-15(19-11-14-18-10-12(3)21-14)17-8-9-20(5-2)13-6-7-13/h10,13H,4-9,11H2,1-3H3,(H2,16,17,19). The van der Waals surface area contributed by atoms with Gasteiger partial charge in [0.2, 0.25) is 0 Å². The Morgan fingerprint density at radius 1 is 1.43 bits per heavy atom. The highest BCUT2D eigenvalue weighted by atomic mass is 32.1. The fraction of sp³-hybridized carbons (Fsp3) is 0.733. The number of likely N-dealkylation sites (N-methyl/N-ethyl adjacent to an activating group) is 1. The molecule has 0 amide bonds. The lowest BCUT2D eigenvalue weighted by atomic mass is 10.4. The summed E-state index contributed by atoms with van der Waals surface area (Å²) in [5.41, 5.74) is 0. The summed E-state index contributed by atoms with van der Waals surface area (Å²) in [6.45, 7) is 11.1. The van der Waals surface area contributed by atoms with Crippen LogP contribution in [0.2, 0.25) is 0 Å². The molecule has 1 heterocycles. The molecule has 2 N–H and O–H groups in total. The molecule has 6 heteroatoms. The first kappa shape index (κ1) is 16.2. The second kappa shape index (κ2) is 8.34. The van der Waals surface area contributed by atoms with E-state index in [1.807, 2.05) is 6.20 Å². The minimum atomic E-state index is 0.647. The third-order valence-electron chi connectivity index (χ3n) is 3.55. The Labute approximate surface area is 131 Å². The molecule has 1 aromatic heterocycles. The zero-order chi connectivity index (χ0) is 15.1. The van der Waals surface area contributed by atoms with Crippen LogP contribution in [0.1, 0.15) is 36.6 Å². The van der Waals surface area contributed by atoms with Gasteiger partial charge < -0.3 is 10.6 Å². The van der Waals surface area contributed by atoms with Crippen molar-refractivity contribution in [1.29, 1.82) is 0 Å². The molecule has 5 nitrogen and oxygen atoms in total. The number of nitrogens with one attached hydrogen (secondary N) is 2. The van der Waals surface area contributed by atoms with Crippen molar-refractivity contribution >= 4 is 17.3 Å². The fourth-order valence-corrected chi connectivity index (χ4v) is 3.03. The van der Waals surface area contributed by atoms with Gasteiger partial charge in [-0.05, 0) is 33.2 Å². The van der Waals surface area contributed by atoms with Gasteiger partial charge >= 0.3 is 0 Å². The first-order chi connectivity index (χ1) is 10.2. The van der Waals surface area contributed by atoms with Gasteiger partial charge in [0.1, 0.15) is 5.01 Å². The maximum absolute atomic E-state index is 4.60. The van der Waals surface area contributed by atoms with Gasteiger partial charge in [-0.3, -0.25) is 4.90 Å². The number of nitrogens with zero attached hydrogens (tertiary/aromatic N) is 3. The summed E-state index contributed by atoms with van der Waals surface area (Å²) >= 11 is 1.71. The zero-order valence-corrected chi connectivity index (χ0v) is 14.2. The first-order valence-electron chi connectivity index (χ1n) is 7.90. The first-order valence-corrected chi connectivity index (χ1v) is 8.72. The molecule has 0 radical (unpaired) electrons. The summed E-state index contributed by atoms with van der Waals surface area (Å²) < 4.78 is 0. The Hall–Kier alpha value is -1.14. The highest BCUT2D eigenvalue weighted by molar-refractivity contribution is 7.11. The number of hydrogen-bond acceptors (Lipinski definition) is 4. The summed E-state index contributed by atoms with van der Waals surface area (Å²) in [6, 6.07) is 0.828. The number of rotatable bonds is 8. The van der Waals surface area contributed by atoms with E-state index in [0.29, 0.717) is 6.54 Å². The lowest BCUT2D eigenvalue weighted by Crippen LogP contribution is -2.42. The number of hydrogen-bond donors (Lipinski definition) is 2. The SMILES string of the molecule is CCNC(=NCc1ncc(C)s1)NCCN(CC)C1CC1. The van der Waals surface area contributed by atoms with Crippen LogP contribution >= 0.6 is 11.3 Å². The van der Waals surface area contributed by atoms with Crippen molar-refractivity contribution in [3.05, 3.63) is 16.1 Å². The molecule has 21 heavy (non-hydrogen) atoms. The molecule has 0 aliphatic heterocycles. The molecule has 1 aliphatic carbocycles. The Morgan fingerprint density at radius 3 is 2.81 bits per heavy atom. The average molecular weight is 309 g/mol. The van der Waals surface area contributed by atoms with E-state index in [1.165, 1.54) is 17.7 Å². The van der Waals surface area contributed by atoms with E-state index in [0.717, 1.165) is 43.2 Å². The van der Waals surface area contributed by atoms with Crippen molar-refractivity contribution in [2.45, 2.75) is 46.2 Å². The molecule has 0 saturated heterocycles. The predicted molar refractivity (Wildman–Crippen MR) is 89.9 cm³/mol. The van der Waals surface area contributed by atoms with Crippen LogP contribution in [-0.2, 0) is 6.54 Å². The van der Waals surface area contributed by atoms with Crippen molar-refractivity contribution in [3.63, 3.8) is 0 Å². The second-order valence-electron chi connectivity index (χ2n) is 5.35. The van der Waals surface area contributed by atoms with Crippen molar-refractivity contribution in [3.8, 4) is 0 Å². The van der Waals surface area contributed by atoms with Crippen LogP contribution in [0.5, 0.6) is 0 Å². The lowest BCUT2D eigenvalue weighted by molar-refractivity contribution is 0.282. The van der Waals surface area contributed by atoms with E-state index in [9.17, 15) is 0 Å². The normalized spacial score (nSPS) is 15.5. The zero-order valence-electron chi connectivity index (χ0n) is 13.4. The van der Waals surface area contributed by atoms with Gasteiger partial charge in [-0.15, -0.1) is 11.3 Å². The van der Waals surface area contributed by atoms with Crippen LogP contribution in [0.25, 0.3) is 0 Å². The minimum Gasteiger partial charge on any atom is -0.357 e. The molecule has 0 atom stereocenters. The maximum Gasteiger partial charge on any atom is 0.191 e. The highest BCUT2D eigenvalue weighted by Gasteiger charge is 2.27. The third-order valence-corrected chi connectivity index (χ3v) is 4.44. The summed E-state index contributed by atoms with van der Waals surface area (Å²) in [5.74, 6) is 0.886.